The van der Waals surface area contributed by atoms with Gasteiger partial charge in [0.25, 0.3) is 0 Å². The van der Waals surface area contributed by atoms with Crippen molar-refractivity contribution < 1.29 is 9.53 Å². The SMILES string of the molecule is CN1C=CCC1C(=O)N1CCOc2ccc(-c3ccc(N)nc3)cc2C1. The highest BCUT2D eigenvalue weighted by molar-refractivity contribution is 5.83. The molecule has 134 valence electrons. The van der Waals surface area contributed by atoms with Crippen molar-refractivity contribution in [3.8, 4) is 16.9 Å². The molecule has 2 aliphatic heterocycles. The quantitative estimate of drug-likeness (QED) is 0.900. The van der Waals surface area contributed by atoms with E-state index in [1.807, 2.05) is 47.3 Å². The molecule has 3 heterocycles. The Morgan fingerprint density at radius 3 is 2.85 bits per heavy atom. The normalized spacial score (nSPS) is 19.0. The average molecular weight is 350 g/mol. The summed E-state index contributed by atoms with van der Waals surface area (Å²) in [5.41, 5.74) is 8.71. The number of benzene rings is 1. The van der Waals surface area contributed by atoms with Crippen molar-refractivity contribution >= 4 is 11.7 Å². The lowest BCUT2D eigenvalue weighted by atomic mass is 10.0. The third kappa shape index (κ3) is 3.10. The van der Waals surface area contributed by atoms with E-state index in [1.54, 1.807) is 12.3 Å². The van der Waals surface area contributed by atoms with E-state index in [-0.39, 0.29) is 11.9 Å². The second-order valence-electron chi connectivity index (χ2n) is 6.70. The number of carbonyl (C=O) groups is 1. The topological polar surface area (TPSA) is 71.7 Å². The number of likely N-dealkylation sites (N-methyl/N-ethyl adjacent to an activating group) is 1. The summed E-state index contributed by atoms with van der Waals surface area (Å²) in [6.45, 7) is 1.65. The predicted octanol–water partition coefficient (Wildman–Crippen LogP) is 2.27. The molecular weight excluding hydrogens is 328 g/mol. The molecule has 1 aromatic heterocycles. The van der Waals surface area contributed by atoms with E-state index in [2.05, 4.69) is 11.1 Å². The van der Waals surface area contributed by atoms with Crippen molar-refractivity contribution in [2.75, 3.05) is 25.9 Å². The molecule has 2 aliphatic rings. The smallest absolute Gasteiger partial charge is 0.245 e. The number of aromatic nitrogens is 1. The van der Waals surface area contributed by atoms with Gasteiger partial charge in [-0.1, -0.05) is 12.1 Å². The first-order chi connectivity index (χ1) is 12.6. The summed E-state index contributed by atoms with van der Waals surface area (Å²) in [7, 11) is 1.94. The van der Waals surface area contributed by atoms with Gasteiger partial charge in [0.15, 0.2) is 0 Å². The molecule has 6 nitrogen and oxygen atoms in total. The number of nitrogen functional groups attached to an aromatic ring is 1. The van der Waals surface area contributed by atoms with Crippen LogP contribution in [0.4, 0.5) is 5.82 Å². The number of carbonyl (C=O) groups excluding carboxylic acids is 1. The lowest BCUT2D eigenvalue weighted by Gasteiger charge is -2.27. The van der Waals surface area contributed by atoms with E-state index in [0.29, 0.717) is 25.5 Å². The molecule has 0 aliphatic carbocycles. The summed E-state index contributed by atoms with van der Waals surface area (Å²) in [6.07, 6.45) is 6.53. The maximum Gasteiger partial charge on any atom is 0.245 e. The number of pyridine rings is 1. The van der Waals surface area contributed by atoms with Crippen molar-refractivity contribution in [3.63, 3.8) is 0 Å². The predicted molar refractivity (Wildman–Crippen MR) is 100 cm³/mol. The molecule has 0 spiro atoms. The molecule has 0 saturated carbocycles. The van der Waals surface area contributed by atoms with Crippen molar-refractivity contribution in [3.05, 3.63) is 54.4 Å². The van der Waals surface area contributed by atoms with Crippen LogP contribution >= 0.6 is 0 Å². The minimum Gasteiger partial charge on any atom is -0.491 e. The van der Waals surface area contributed by atoms with Crippen LogP contribution < -0.4 is 10.5 Å². The molecule has 4 rings (SSSR count). The Hall–Kier alpha value is -3.02. The van der Waals surface area contributed by atoms with Gasteiger partial charge in [0, 0.05) is 30.9 Å². The molecular formula is C20H22N4O2. The highest BCUT2D eigenvalue weighted by atomic mass is 16.5. The van der Waals surface area contributed by atoms with Gasteiger partial charge in [0.1, 0.15) is 24.2 Å². The van der Waals surface area contributed by atoms with Crippen molar-refractivity contribution in [2.24, 2.45) is 0 Å². The average Bonchev–Trinajstić information content (AvgIpc) is 2.96. The van der Waals surface area contributed by atoms with Crippen LogP contribution in [0.1, 0.15) is 12.0 Å². The zero-order valence-corrected chi connectivity index (χ0v) is 14.8. The fraction of sp³-hybridized carbons (Fsp3) is 0.300. The van der Waals surface area contributed by atoms with E-state index in [1.165, 1.54) is 0 Å². The first-order valence-electron chi connectivity index (χ1n) is 8.77. The minimum absolute atomic E-state index is 0.110. The number of fused-ring (bicyclic) bond motifs is 1. The molecule has 1 aromatic carbocycles. The fourth-order valence-corrected chi connectivity index (χ4v) is 3.45. The maximum absolute atomic E-state index is 12.9. The van der Waals surface area contributed by atoms with Gasteiger partial charge in [-0.3, -0.25) is 4.79 Å². The van der Waals surface area contributed by atoms with Crippen LogP contribution in [-0.4, -0.2) is 46.9 Å². The van der Waals surface area contributed by atoms with E-state index in [4.69, 9.17) is 10.5 Å². The second kappa shape index (κ2) is 6.71. The lowest BCUT2D eigenvalue weighted by molar-refractivity contribution is -0.136. The van der Waals surface area contributed by atoms with Crippen LogP contribution in [0.3, 0.4) is 0 Å². The van der Waals surface area contributed by atoms with Crippen molar-refractivity contribution in [1.82, 2.24) is 14.8 Å². The minimum atomic E-state index is -0.110. The number of nitrogens with zero attached hydrogens (tertiary/aromatic N) is 3. The van der Waals surface area contributed by atoms with Gasteiger partial charge in [-0.05, 0) is 42.4 Å². The number of ether oxygens (including phenoxy) is 1. The Labute approximate surface area is 152 Å². The Balaban J connectivity index is 1.59. The largest absolute Gasteiger partial charge is 0.491 e. The maximum atomic E-state index is 12.9. The van der Waals surface area contributed by atoms with Gasteiger partial charge in [0.2, 0.25) is 5.91 Å². The Morgan fingerprint density at radius 2 is 2.12 bits per heavy atom. The first kappa shape index (κ1) is 16.4. The number of anilines is 1. The first-order valence-corrected chi connectivity index (χ1v) is 8.77. The summed E-state index contributed by atoms with van der Waals surface area (Å²) in [5.74, 6) is 1.48. The summed E-state index contributed by atoms with van der Waals surface area (Å²) in [5, 5.41) is 0. The van der Waals surface area contributed by atoms with Gasteiger partial charge in [-0.25, -0.2) is 4.98 Å². The van der Waals surface area contributed by atoms with Crippen LogP contribution in [0.2, 0.25) is 0 Å². The second-order valence-corrected chi connectivity index (χ2v) is 6.70. The molecule has 0 saturated heterocycles. The number of amides is 1. The molecule has 0 bridgehead atoms. The molecule has 26 heavy (non-hydrogen) atoms. The van der Waals surface area contributed by atoms with Gasteiger partial charge in [-0.15, -0.1) is 0 Å². The highest BCUT2D eigenvalue weighted by Gasteiger charge is 2.30. The standard InChI is InChI=1S/C20H22N4O2/c1-23-8-2-3-17(23)20(25)24-9-10-26-18-6-4-14(11-16(18)13-24)15-5-7-19(21)22-12-15/h2,4-8,11-12,17H,3,9-10,13H2,1H3,(H2,21,22). The van der Waals surface area contributed by atoms with Gasteiger partial charge >= 0.3 is 0 Å². The van der Waals surface area contributed by atoms with Crippen LogP contribution in [-0.2, 0) is 11.3 Å². The van der Waals surface area contributed by atoms with Crippen LogP contribution in [0.15, 0.2) is 48.8 Å². The zero-order valence-electron chi connectivity index (χ0n) is 14.8. The molecule has 2 N–H and O–H groups in total. The summed E-state index contributed by atoms with van der Waals surface area (Å²) in [4.78, 5) is 21.0. The van der Waals surface area contributed by atoms with Crippen molar-refractivity contribution in [1.29, 1.82) is 0 Å². The number of hydrogen-bond acceptors (Lipinski definition) is 5. The molecule has 1 unspecified atom stereocenters. The van der Waals surface area contributed by atoms with Crippen LogP contribution in [0.25, 0.3) is 11.1 Å². The Bertz CT molecular complexity index is 847. The third-order valence-corrected chi connectivity index (χ3v) is 4.95. The fourth-order valence-electron chi connectivity index (χ4n) is 3.45. The van der Waals surface area contributed by atoms with Crippen LogP contribution in [0, 0.1) is 0 Å². The van der Waals surface area contributed by atoms with Crippen LogP contribution in [0.5, 0.6) is 5.75 Å². The molecule has 1 atom stereocenters. The van der Waals surface area contributed by atoms with E-state index in [9.17, 15) is 4.79 Å². The molecule has 1 amide bonds. The molecule has 0 fully saturated rings. The molecule has 6 heteroatoms. The highest BCUT2D eigenvalue weighted by Crippen LogP contribution is 2.30. The van der Waals surface area contributed by atoms with Gasteiger partial charge < -0.3 is 20.3 Å². The molecule has 2 aromatic rings. The van der Waals surface area contributed by atoms with E-state index in [0.717, 1.165) is 28.9 Å². The molecule has 0 radical (unpaired) electrons. The number of hydrogen-bond donors (Lipinski definition) is 1. The Kier molecular flexibility index (Phi) is 4.24. The van der Waals surface area contributed by atoms with E-state index >= 15 is 0 Å². The number of rotatable bonds is 2. The summed E-state index contributed by atoms with van der Waals surface area (Å²) < 4.78 is 5.87. The summed E-state index contributed by atoms with van der Waals surface area (Å²) in [6, 6.07) is 9.68. The number of nitrogens with two attached hydrogens (primary N) is 1. The monoisotopic (exact) mass is 350 g/mol. The van der Waals surface area contributed by atoms with Crippen molar-refractivity contribution in [2.45, 2.75) is 19.0 Å². The Morgan fingerprint density at radius 1 is 1.27 bits per heavy atom. The van der Waals surface area contributed by atoms with E-state index < -0.39 is 0 Å². The van der Waals surface area contributed by atoms with Gasteiger partial charge in [0.05, 0.1) is 6.54 Å². The third-order valence-electron chi connectivity index (χ3n) is 4.95. The lowest BCUT2D eigenvalue weighted by Crippen LogP contribution is -2.44. The summed E-state index contributed by atoms with van der Waals surface area (Å²) >= 11 is 0. The van der Waals surface area contributed by atoms with Gasteiger partial charge in [-0.2, -0.15) is 0 Å². The zero-order chi connectivity index (χ0) is 18.1.